The molecule has 0 fully saturated rings. The first-order valence-corrected chi connectivity index (χ1v) is 5.29. The second-order valence-electron chi connectivity index (χ2n) is 3.40. The van der Waals surface area contributed by atoms with Crippen LogP contribution in [0.15, 0.2) is 12.2 Å². The fourth-order valence-corrected chi connectivity index (χ4v) is 1.36. The number of likely N-dealkylation sites (N-methyl/N-ethyl adjacent to an activating group) is 1. The Balaban J connectivity index is 3.84. The van der Waals surface area contributed by atoms with E-state index in [1.807, 2.05) is 13.8 Å². The average Bonchev–Trinajstić information content (AvgIpc) is 2.14. The van der Waals surface area contributed by atoms with E-state index < -0.39 is 0 Å². The van der Waals surface area contributed by atoms with Crippen LogP contribution >= 0.6 is 0 Å². The molecule has 0 rings (SSSR count). The van der Waals surface area contributed by atoms with Crippen molar-refractivity contribution in [1.29, 1.82) is 0 Å². The quantitative estimate of drug-likeness (QED) is 0.654. The van der Waals surface area contributed by atoms with Crippen LogP contribution in [0.5, 0.6) is 0 Å². The van der Waals surface area contributed by atoms with Crippen molar-refractivity contribution in [3.05, 3.63) is 12.2 Å². The van der Waals surface area contributed by atoms with Gasteiger partial charge in [0.25, 0.3) is 0 Å². The molecule has 0 heterocycles. The second-order valence-corrected chi connectivity index (χ2v) is 3.40. The average molecular weight is 198 g/mol. The van der Waals surface area contributed by atoms with Crippen molar-refractivity contribution in [3.8, 4) is 0 Å². The van der Waals surface area contributed by atoms with E-state index >= 15 is 0 Å². The molecule has 1 N–H and O–H groups in total. The van der Waals surface area contributed by atoms with Crippen LogP contribution in [0, 0.1) is 0 Å². The van der Waals surface area contributed by atoms with Crippen molar-refractivity contribution in [2.24, 2.45) is 0 Å². The van der Waals surface area contributed by atoms with E-state index in [0.29, 0.717) is 0 Å². The van der Waals surface area contributed by atoms with Crippen LogP contribution < -0.4 is 5.32 Å². The van der Waals surface area contributed by atoms with Gasteiger partial charge in [-0.05, 0) is 33.0 Å². The lowest BCUT2D eigenvalue weighted by Crippen LogP contribution is -2.41. The van der Waals surface area contributed by atoms with Gasteiger partial charge in [0.1, 0.15) is 0 Å². The standard InChI is InChI=1S/C11H22N2O/c1-5-8-11(14)12-10(4)9-13(6-2)7-3/h5,8,10H,6-7,9H2,1-4H3,(H,12,14). The summed E-state index contributed by atoms with van der Waals surface area (Å²) >= 11 is 0. The Labute approximate surface area is 87.2 Å². The van der Waals surface area contributed by atoms with Crippen molar-refractivity contribution in [3.63, 3.8) is 0 Å². The highest BCUT2D eigenvalue weighted by molar-refractivity contribution is 5.87. The lowest BCUT2D eigenvalue weighted by atomic mass is 10.3. The van der Waals surface area contributed by atoms with E-state index in [0.717, 1.165) is 19.6 Å². The highest BCUT2D eigenvalue weighted by Crippen LogP contribution is 1.91. The molecule has 0 saturated carbocycles. The van der Waals surface area contributed by atoms with Gasteiger partial charge in [-0.25, -0.2) is 0 Å². The predicted octanol–water partition coefficient (Wildman–Crippen LogP) is 1.41. The van der Waals surface area contributed by atoms with Gasteiger partial charge in [0, 0.05) is 12.6 Å². The number of carbonyl (C=O) groups is 1. The molecule has 0 spiro atoms. The molecule has 0 radical (unpaired) electrons. The molecule has 1 atom stereocenters. The molecule has 0 aromatic heterocycles. The fourth-order valence-electron chi connectivity index (χ4n) is 1.36. The molecule has 3 heteroatoms. The van der Waals surface area contributed by atoms with Gasteiger partial charge in [0.05, 0.1) is 0 Å². The third kappa shape index (κ3) is 5.75. The third-order valence-electron chi connectivity index (χ3n) is 2.13. The van der Waals surface area contributed by atoms with Crippen molar-refractivity contribution in [1.82, 2.24) is 10.2 Å². The van der Waals surface area contributed by atoms with E-state index in [4.69, 9.17) is 0 Å². The maximum Gasteiger partial charge on any atom is 0.243 e. The Hall–Kier alpha value is -0.830. The molecule has 82 valence electrons. The number of carbonyl (C=O) groups excluding carboxylic acids is 1. The van der Waals surface area contributed by atoms with Gasteiger partial charge in [-0.2, -0.15) is 0 Å². The minimum atomic E-state index is -0.00726. The molecule has 0 aliphatic rings. The molecular formula is C11H22N2O. The Morgan fingerprint density at radius 3 is 2.43 bits per heavy atom. The summed E-state index contributed by atoms with van der Waals surface area (Å²) in [5, 5.41) is 2.91. The molecule has 0 saturated heterocycles. The Morgan fingerprint density at radius 2 is 2.00 bits per heavy atom. The summed E-state index contributed by atoms with van der Waals surface area (Å²) in [6.45, 7) is 11.1. The van der Waals surface area contributed by atoms with Crippen molar-refractivity contribution >= 4 is 5.91 Å². The Bertz CT molecular complexity index is 186. The first kappa shape index (κ1) is 13.2. The summed E-state index contributed by atoms with van der Waals surface area (Å²) in [6.07, 6.45) is 3.30. The first-order valence-electron chi connectivity index (χ1n) is 5.29. The predicted molar refractivity (Wildman–Crippen MR) is 60.2 cm³/mol. The van der Waals surface area contributed by atoms with Crippen LogP contribution in [0.2, 0.25) is 0 Å². The van der Waals surface area contributed by atoms with Gasteiger partial charge >= 0.3 is 0 Å². The fraction of sp³-hybridized carbons (Fsp3) is 0.727. The highest BCUT2D eigenvalue weighted by atomic mass is 16.1. The smallest absolute Gasteiger partial charge is 0.243 e. The van der Waals surface area contributed by atoms with Gasteiger partial charge in [0.15, 0.2) is 0 Å². The summed E-state index contributed by atoms with van der Waals surface area (Å²) < 4.78 is 0. The maximum absolute atomic E-state index is 11.2. The number of nitrogens with one attached hydrogen (secondary N) is 1. The topological polar surface area (TPSA) is 32.3 Å². The maximum atomic E-state index is 11.2. The number of rotatable bonds is 6. The third-order valence-corrected chi connectivity index (χ3v) is 2.13. The summed E-state index contributed by atoms with van der Waals surface area (Å²) in [5.41, 5.74) is 0. The van der Waals surface area contributed by atoms with Gasteiger partial charge in [-0.1, -0.05) is 19.9 Å². The molecule has 0 aliphatic carbocycles. The number of allylic oxidation sites excluding steroid dienone is 1. The summed E-state index contributed by atoms with van der Waals surface area (Å²) in [6, 6.07) is 0.207. The number of amides is 1. The summed E-state index contributed by atoms with van der Waals surface area (Å²) in [5.74, 6) is -0.00726. The van der Waals surface area contributed by atoms with Crippen LogP contribution in [0.1, 0.15) is 27.7 Å². The number of hydrogen-bond donors (Lipinski definition) is 1. The zero-order chi connectivity index (χ0) is 11.0. The monoisotopic (exact) mass is 198 g/mol. The van der Waals surface area contributed by atoms with Gasteiger partial charge in [-0.3, -0.25) is 4.79 Å². The summed E-state index contributed by atoms with van der Waals surface area (Å²) in [7, 11) is 0. The van der Waals surface area contributed by atoms with Crippen molar-refractivity contribution in [2.45, 2.75) is 33.7 Å². The van der Waals surface area contributed by atoms with Crippen LogP contribution in [0.25, 0.3) is 0 Å². The number of hydrogen-bond acceptors (Lipinski definition) is 2. The zero-order valence-corrected chi connectivity index (χ0v) is 9.71. The molecule has 0 aliphatic heterocycles. The summed E-state index contributed by atoms with van der Waals surface area (Å²) in [4.78, 5) is 13.5. The number of nitrogens with zero attached hydrogens (tertiary/aromatic N) is 1. The van der Waals surface area contributed by atoms with Crippen molar-refractivity contribution < 1.29 is 4.79 Å². The lowest BCUT2D eigenvalue weighted by molar-refractivity contribution is -0.117. The van der Waals surface area contributed by atoms with E-state index in [-0.39, 0.29) is 11.9 Å². The minimum absolute atomic E-state index is 0.00726. The van der Waals surface area contributed by atoms with Gasteiger partial charge in [-0.15, -0.1) is 0 Å². The van der Waals surface area contributed by atoms with E-state index in [1.165, 1.54) is 0 Å². The van der Waals surface area contributed by atoms with Crippen molar-refractivity contribution in [2.75, 3.05) is 19.6 Å². The van der Waals surface area contributed by atoms with Crippen LogP contribution in [0.3, 0.4) is 0 Å². The molecule has 1 amide bonds. The molecule has 0 aromatic carbocycles. The largest absolute Gasteiger partial charge is 0.349 e. The molecule has 0 aromatic rings. The van der Waals surface area contributed by atoms with E-state index in [9.17, 15) is 4.79 Å². The molecular weight excluding hydrogens is 176 g/mol. The molecule has 3 nitrogen and oxygen atoms in total. The SMILES string of the molecule is CC=CC(=O)NC(C)CN(CC)CC. The van der Waals surface area contributed by atoms with Gasteiger partial charge in [0.2, 0.25) is 5.91 Å². The highest BCUT2D eigenvalue weighted by Gasteiger charge is 2.07. The van der Waals surface area contributed by atoms with E-state index in [2.05, 4.69) is 24.1 Å². The van der Waals surface area contributed by atoms with Crippen LogP contribution in [-0.4, -0.2) is 36.5 Å². The Morgan fingerprint density at radius 1 is 1.43 bits per heavy atom. The normalized spacial score (nSPS) is 13.5. The van der Waals surface area contributed by atoms with E-state index in [1.54, 1.807) is 12.2 Å². The molecule has 1 unspecified atom stereocenters. The minimum Gasteiger partial charge on any atom is -0.349 e. The molecule has 14 heavy (non-hydrogen) atoms. The molecule has 0 bridgehead atoms. The van der Waals surface area contributed by atoms with Crippen LogP contribution in [0.4, 0.5) is 0 Å². The lowest BCUT2D eigenvalue weighted by Gasteiger charge is -2.22. The first-order chi connectivity index (χ1) is 6.63. The zero-order valence-electron chi connectivity index (χ0n) is 9.71. The van der Waals surface area contributed by atoms with Crippen LogP contribution in [-0.2, 0) is 4.79 Å². The van der Waals surface area contributed by atoms with Gasteiger partial charge < -0.3 is 10.2 Å². The Kier molecular flexibility index (Phi) is 7.11. The second kappa shape index (κ2) is 7.56.